The molecule has 55 heavy (non-hydrogen) atoms. The number of hydrogen-bond acceptors (Lipinski definition) is 3. The van der Waals surface area contributed by atoms with Crippen molar-refractivity contribution in [2.75, 3.05) is 0 Å². The van der Waals surface area contributed by atoms with E-state index < -0.39 is 5.41 Å². The van der Waals surface area contributed by atoms with E-state index in [0.717, 1.165) is 50.7 Å². The summed E-state index contributed by atoms with van der Waals surface area (Å²) in [5, 5.41) is 4.88. The molecule has 0 radical (unpaired) electrons. The van der Waals surface area contributed by atoms with Crippen molar-refractivity contribution >= 4 is 21.5 Å². The Hall–Kier alpha value is -6.84. The van der Waals surface area contributed by atoms with Gasteiger partial charge < -0.3 is 4.74 Å². The third-order valence-electron chi connectivity index (χ3n) is 12.0. The Morgan fingerprint density at radius 1 is 0.382 bits per heavy atom. The minimum atomic E-state index is -0.563. The molecule has 0 saturated heterocycles. The Labute approximate surface area is 320 Å². The van der Waals surface area contributed by atoms with E-state index in [9.17, 15) is 0 Å². The van der Waals surface area contributed by atoms with Crippen LogP contribution >= 0.6 is 0 Å². The molecule has 1 aliphatic heterocycles. The summed E-state index contributed by atoms with van der Waals surface area (Å²) in [6.45, 7) is 4.72. The van der Waals surface area contributed by atoms with Gasteiger partial charge in [0, 0.05) is 33.2 Å². The first-order valence-corrected chi connectivity index (χ1v) is 19.0. The van der Waals surface area contributed by atoms with Crippen molar-refractivity contribution in [3.05, 3.63) is 215 Å². The van der Waals surface area contributed by atoms with E-state index in [4.69, 9.17) is 14.7 Å². The highest BCUT2D eigenvalue weighted by Gasteiger charge is 2.52. The fraction of sp³-hybridized carbons (Fsp3) is 0.0769. The fourth-order valence-electron chi connectivity index (χ4n) is 9.40. The zero-order valence-electron chi connectivity index (χ0n) is 30.6. The molecule has 11 rings (SSSR count). The molecule has 0 amide bonds. The number of hydrogen-bond donors (Lipinski definition) is 0. The zero-order valence-corrected chi connectivity index (χ0v) is 30.6. The Bertz CT molecular complexity index is 2950. The average Bonchev–Trinajstić information content (AvgIpc) is 3.25. The molecule has 1 aromatic heterocycles. The van der Waals surface area contributed by atoms with Gasteiger partial charge in [-0.05, 0) is 74.1 Å². The van der Waals surface area contributed by atoms with Crippen LogP contribution in [0.3, 0.4) is 0 Å². The lowest BCUT2D eigenvalue weighted by atomic mass is 9.53. The maximum Gasteiger partial charge on any atom is 0.160 e. The molecule has 3 heteroatoms. The van der Waals surface area contributed by atoms with Crippen LogP contribution in [0.4, 0.5) is 0 Å². The van der Waals surface area contributed by atoms with Gasteiger partial charge >= 0.3 is 0 Å². The summed E-state index contributed by atoms with van der Waals surface area (Å²) in [6.07, 6.45) is 0. The molecule has 0 saturated carbocycles. The van der Waals surface area contributed by atoms with Crippen LogP contribution < -0.4 is 4.74 Å². The Morgan fingerprint density at radius 3 is 1.71 bits per heavy atom. The van der Waals surface area contributed by atoms with E-state index in [1.54, 1.807) is 0 Å². The van der Waals surface area contributed by atoms with Crippen molar-refractivity contribution in [1.82, 2.24) is 9.97 Å². The van der Waals surface area contributed by atoms with Crippen LogP contribution in [0.25, 0.3) is 55.4 Å². The molecule has 0 bridgehead atoms. The number of nitrogens with zero attached hydrogens (tertiary/aromatic N) is 2. The molecule has 1 spiro atoms. The maximum absolute atomic E-state index is 6.62. The van der Waals surface area contributed by atoms with Gasteiger partial charge in [0.25, 0.3) is 0 Å². The van der Waals surface area contributed by atoms with E-state index in [0.29, 0.717) is 5.82 Å². The number of aromatic nitrogens is 2. The first kappa shape index (κ1) is 31.7. The van der Waals surface area contributed by atoms with Crippen LogP contribution in [0, 0.1) is 0 Å². The van der Waals surface area contributed by atoms with Gasteiger partial charge in [0.1, 0.15) is 11.5 Å². The summed E-state index contributed by atoms with van der Waals surface area (Å²) in [6, 6.07) is 65.2. The van der Waals surface area contributed by atoms with Crippen LogP contribution in [0.1, 0.15) is 47.2 Å². The summed E-state index contributed by atoms with van der Waals surface area (Å²) in [5.41, 5.74) is 11.5. The lowest BCUT2D eigenvalue weighted by Gasteiger charge is -2.50. The SMILES string of the molecule is CC1(C)c2ccccc2C2(c3ccccc3Oc3ccccc32)c2ccc(-c3cc(-c4ccccc4)nc(-c4ccc5c(ccc6ccccc65)c4)n3)cc21. The minimum absolute atomic E-state index is 0.297. The number of para-hydroxylation sites is 2. The summed E-state index contributed by atoms with van der Waals surface area (Å²) in [5.74, 6) is 2.49. The van der Waals surface area contributed by atoms with Gasteiger partial charge in [0.15, 0.2) is 5.82 Å². The van der Waals surface area contributed by atoms with Gasteiger partial charge in [-0.15, -0.1) is 0 Å². The minimum Gasteiger partial charge on any atom is -0.457 e. The fourth-order valence-corrected chi connectivity index (χ4v) is 9.40. The predicted octanol–water partition coefficient (Wildman–Crippen LogP) is 12.9. The Morgan fingerprint density at radius 2 is 0.945 bits per heavy atom. The molecule has 1 aliphatic carbocycles. The molecule has 3 nitrogen and oxygen atoms in total. The van der Waals surface area contributed by atoms with Crippen LogP contribution in [-0.2, 0) is 10.8 Å². The van der Waals surface area contributed by atoms with Crippen molar-refractivity contribution in [2.24, 2.45) is 0 Å². The third kappa shape index (κ3) is 4.63. The molecule has 0 fully saturated rings. The predicted molar refractivity (Wildman–Crippen MR) is 224 cm³/mol. The van der Waals surface area contributed by atoms with Crippen molar-refractivity contribution in [3.8, 4) is 45.4 Å². The Kier molecular flexibility index (Phi) is 6.81. The molecule has 0 atom stereocenters. The quantitative estimate of drug-likeness (QED) is 0.172. The van der Waals surface area contributed by atoms with Gasteiger partial charge in [0.2, 0.25) is 0 Å². The molecular formula is C52H36N2O. The molecular weight excluding hydrogens is 669 g/mol. The van der Waals surface area contributed by atoms with E-state index >= 15 is 0 Å². The molecule has 8 aromatic carbocycles. The smallest absolute Gasteiger partial charge is 0.160 e. The lowest BCUT2D eigenvalue weighted by Crippen LogP contribution is -2.43. The van der Waals surface area contributed by atoms with Crippen molar-refractivity contribution < 1.29 is 4.74 Å². The standard InChI is InChI=1S/C52H36N2O/c1-51(2)40-18-8-9-19-41(40)52(43-20-10-12-22-48(43)55-49-23-13-11-21-44(49)52)42-29-27-36(31-45(42)51)47-32-46(34-15-4-3-5-16-34)53-50(54-47)37-26-28-39-35(30-37)25-24-33-14-6-7-17-38(33)39/h3-32H,1-2H3. The highest BCUT2D eigenvalue weighted by molar-refractivity contribution is 6.08. The largest absolute Gasteiger partial charge is 0.457 e. The van der Waals surface area contributed by atoms with Crippen molar-refractivity contribution in [1.29, 1.82) is 0 Å². The highest BCUT2D eigenvalue weighted by atomic mass is 16.5. The normalized spacial score (nSPS) is 14.4. The van der Waals surface area contributed by atoms with E-state index in [-0.39, 0.29) is 5.41 Å². The molecule has 260 valence electrons. The second-order valence-electron chi connectivity index (χ2n) is 15.3. The third-order valence-corrected chi connectivity index (χ3v) is 12.0. The maximum atomic E-state index is 6.62. The number of ether oxygens (including phenoxy) is 1. The summed E-state index contributed by atoms with van der Waals surface area (Å²) < 4.78 is 6.62. The molecule has 9 aromatic rings. The number of fused-ring (bicyclic) bond motifs is 11. The number of benzene rings is 8. The monoisotopic (exact) mass is 704 g/mol. The lowest BCUT2D eigenvalue weighted by molar-refractivity contribution is 0.425. The first-order valence-electron chi connectivity index (χ1n) is 19.0. The molecule has 2 heterocycles. The van der Waals surface area contributed by atoms with Crippen molar-refractivity contribution in [2.45, 2.75) is 24.7 Å². The van der Waals surface area contributed by atoms with Crippen LogP contribution in [0.5, 0.6) is 11.5 Å². The van der Waals surface area contributed by atoms with Crippen LogP contribution in [0.15, 0.2) is 182 Å². The first-order chi connectivity index (χ1) is 27.0. The molecule has 0 N–H and O–H groups in total. The van der Waals surface area contributed by atoms with Gasteiger partial charge in [0.05, 0.1) is 16.8 Å². The second kappa shape index (κ2) is 11.8. The average molecular weight is 705 g/mol. The zero-order chi connectivity index (χ0) is 36.7. The van der Waals surface area contributed by atoms with E-state index in [1.807, 2.05) is 6.07 Å². The van der Waals surface area contributed by atoms with Gasteiger partial charge in [-0.3, -0.25) is 0 Å². The summed E-state index contributed by atoms with van der Waals surface area (Å²) in [7, 11) is 0. The van der Waals surface area contributed by atoms with Crippen molar-refractivity contribution in [3.63, 3.8) is 0 Å². The van der Waals surface area contributed by atoms with Gasteiger partial charge in [-0.2, -0.15) is 0 Å². The summed E-state index contributed by atoms with van der Waals surface area (Å²) in [4.78, 5) is 10.6. The van der Waals surface area contributed by atoms with E-state index in [1.165, 1.54) is 43.8 Å². The van der Waals surface area contributed by atoms with Gasteiger partial charge in [-0.1, -0.05) is 166 Å². The summed E-state index contributed by atoms with van der Waals surface area (Å²) >= 11 is 0. The van der Waals surface area contributed by atoms with Crippen LogP contribution in [-0.4, -0.2) is 9.97 Å². The number of rotatable bonds is 3. The second-order valence-corrected chi connectivity index (χ2v) is 15.3. The Balaban J connectivity index is 1.15. The molecule has 2 aliphatic rings. The highest BCUT2D eigenvalue weighted by Crippen LogP contribution is 2.61. The van der Waals surface area contributed by atoms with Crippen LogP contribution in [0.2, 0.25) is 0 Å². The molecule has 0 unspecified atom stereocenters. The van der Waals surface area contributed by atoms with Gasteiger partial charge in [-0.25, -0.2) is 9.97 Å². The topological polar surface area (TPSA) is 35.0 Å². The van der Waals surface area contributed by atoms with E-state index in [2.05, 4.69) is 190 Å².